The van der Waals surface area contributed by atoms with Crippen molar-refractivity contribution in [3.63, 3.8) is 0 Å². The molecule has 0 aliphatic rings. The first-order valence-electron chi connectivity index (χ1n) is 14.5. The maximum atomic E-state index is 13.5. The lowest BCUT2D eigenvalue weighted by Crippen LogP contribution is -2.14. The van der Waals surface area contributed by atoms with Crippen LogP contribution >= 0.6 is 27.3 Å². The van der Waals surface area contributed by atoms with E-state index in [1.807, 2.05) is 35.7 Å². The molecule has 0 aliphatic carbocycles. The summed E-state index contributed by atoms with van der Waals surface area (Å²) < 4.78 is 50.3. The number of ether oxygens (including phenoxy) is 2. The molecule has 6 rings (SSSR count). The third-order valence-corrected chi connectivity index (χ3v) is 10.1. The number of nitrogens with zero attached hydrogens (tertiary/aromatic N) is 5. The lowest BCUT2D eigenvalue weighted by molar-refractivity contribution is 0.146. The van der Waals surface area contributed by atoms with Crippen LogP contribution in [-0.2, 0) is 27.6 Å². The molecule has 14 heteroatoms. The number of anilines is 2. The van der Waals surface area contributed by atoms with Gasteiger partial charge in [-0.25, -0.2) is 32.7 Å². The van der Waals surface area contributed by atoms with E-state index in [4.69, 9.17) is 14.5 Å². The van der Waals surface area contributed by atoms with Gasteiger partial charge in [0.25, 0.3) is 0 Å². The SMILES string of the molecule is O=S(=O)(CCOCCCc1nc(-c2cc3c(Nc4ccc(OCc5cccc(F)c5)c(Br)c4)ncnc3cn2)cs1)c1ccccn1. The van der Waals surface area contributed by atoms with Gasteiger partial charge in [0, 0.05) is 35.7 Å². The average Bonchev–Trinajstić information content (AvgIpc) is 3.55. The molecule has 0 fully saturated rings. The minimum Gasteiger partial charge on any atom is -0.488 e. The third kappa shape index (κ3) is 8.51. The van der Waals surface area contributed by atoms with Crippen LogP contribution in [0.3, 0.4) is 0 Å². The number of thiazole rings is 1. The second-order valence-electron chi connectivity index (χ2n) is 10.3. The van der Waals surface area contributed by atoms with Crippen molar-refractivity contribution >= 4 is 59.5 Å². The highest BCUT2D eigenvalue weighted by Gasteiger charge is 2.15. The van der Waals surface area contributed by atoms with Crippen molar-refractivity contribution in [2.24, 2.45) is 0 Å². The van der Waals surface area contributed by atoms with Crippen LogP contribution in [0.1, 0.15) is 17.0 Å². The van der Waals surface area contributed by atoms with E-state index < -0.39 is 9.84 Å². The number of hydrogen-bond donors (Lipinski definition) is 1. The Balaban J connectivity index is 1.05. The summed E-state index contributed by atoms with van der Waals surface area (Å²) in [5.41, 5.74) is 3.63. The molecule has 47 heavy (non-hydrogen) atoms. The summed E-state index contributed by atoms with van der Waals surface area (Å²) in [7, 11) is -3.46. The van der Waals surface area contributed by atoms with Gasteiger partial charge in [-0.2, -0.15) is 0 Å². The van der Waals surface area contributed by atoms with Gasteiger partial charge in [-0.1, -0.05) is 18.2 Å². The van der Waals surface area contributed by atoms with Crippen LogP contribution in [0.4, 0.5) is 15.9 Å². The highest BCUT2D eigenvalue weighted by molar-refractivity contribution is 9.10. The van der Waals surface area contributed by atoms with Crippen molar-refractivity contribution in [1.29, 1.82) is 0 Å². The van der Waals surface area contributed by atoms with Crippen molar-refractivity contribution in [3.05, 3.63) is 112 Å². The fourth-order valence-electron chi connectivity index (χ4n) is 4.59. The Labute approximate surface area is 283 Å². The van der Waals surface area contributed by atoms with Crippen LogP contribution in [0.2, 0.25) is 0 Å². The molecule has 0 bridgehead atoms. The summed E-state index contributed by atoms with van der Waals surface area (Å²) in [6.07, 6.45) is 6.03. The van der Waals surface area contributed by atoms with Crippen LogP contribution in [0.15, 0.2) is 100 Å². The van der Waals surface area contributed by atoms with Crippen LogP contribution in [0.25, 0.3) is 22.3 Å². The van der Waals surface area contributed by atoms with Crippen LogP contribution in [0, 0.1) is 5.82 Å². The number of sulfone groups is 1. The zero-order valence-electron chi connectivity index (χ0n) is 24.8. The normalized spacial score (nSPS) is 11.5. The molecule has 0 aliphatic heterocycles. The minimum atomic E-state index is -3.46. The lowest BCUT2D eigenvalue weighted by atomic mass is 10.2. The van der Waals surface area contributed by atoms with Gasteiger partial charge in [0.1, 0.15) is 30.3 Å². The van der Waals surface area contributed by atoms with Gasteiger partial charge in [-0.05, 0) is 76.4 Å². The molecule has 1 N–H and O–H groups in total. The number of pyridine rings is 2. The second-order valence-corrected chi connectivity index (χ2v) is 14.2. The van der Waals surface area contributed by atoms with E-state index in [9.17, 15) is 12.8 Å². The molecule has 0 atom stereocenters. The topological polar surface area (TPSA) is 129 Å². The van der Waals surface area contributed by atoms with Crippen LogP contribution < -0.4 is 10.1 Å². The Bertz CT molecular complexity index is 2100. The van der Waals surface area contributed by atoms with Gasteiger partial charge < -0.3 is 14.8 Å². The van der Waals surface area contributed by atoms with E-state index in [1.54, 1.807) is 24.4 Å². The Morgan fingerprint density at radius 2 is 1.85 bits per heavy atom. The van der Waals surface area contributed by atoms with Gasteiger partial charge in [-0.3, -0.25) is 4.98 Å². The summed E-state index contributed by atoms with van der Waals surface area (Å²) in [5.74, 6) is 0.812. The molecule has 240 valence electrons. The van der Waals surface area contributed by atoms with E-state index >= 15 is 0 Å². The number of halogens is 2. The maximum Gasteiger partial charge on any atom is 0.197 e. The number of aryl methyl sites for hydroxylation is 1. The fourth-order valence-corrected chi connectivity index (χ4v) is 6.98. The van der Waals surface area contributed by atoms with Crippen molar-refractivity contribution in [3.8, 4) is 17.1 Å². The molecule has 10 nitrogen and oxygen atoms in total. The fraction of sp³-hybridized carbons (Fsp3) is 0.182. The largest absolute Gasteiger partial charge is 0.488 e. The number of benzene rings is 2. The van der Waals surface area contributed by atoms with Gasteiger partial charge in [0.15, 0.2) is 14.9 Å². The predicted octanol–water partition coefficient (Wildman–Crippen LogP) is 7.19. The molecule has 6 aromatic rings. The molecule has 2 aromatic carbocycles. The summed E-state index contributed by atoms with van der Waals surface area (Å²) in [5, 5.41) is 7.08. The predicted molar refractivity (Wildman–Crippen MR) is 182 cm³/mol. The van der Waals surface area contributed by atoms with Crippen molar-refractivity contribution in [2.45, 2.75) is 24.5 Å². The number of fused-ring (bicyclic) bond motifs is 1. The lowest BCUT2D eigenvalue weighted by Gasteiger charge is -2.12. The van der Waals surface area contributed by atoms with Crippen molar-refractivity contribution in [1.82, 2.24) is 24.9 Å². The smallest absolute Gasteiger partial charge is 0.197 e. The summed E-state index contributed by atoms with van der Waals surface area (Å²) in [4.78, 5) is 22.1. The Kier molecular flexibility index (Phi) is 10.4. The van der Waals surface area contributed by atoms with E-state index in [1.165, 1.54) is 42.1 Å². The molecular formula is C33H28BrFN6O4S2. The highest BCUT2D eigenvalue weighted by Crippen LogP contribution is 2.32. The first-order chi connectivity index (χ1) is 22.8. The number of aromatic nitrogens is 5. The third-order valence-electron chi connectivity index (χ3n) is 6.95. The van der Waals surface area contributed by atoms with E-state index in [2.05, 4.69) is 41.2 Å². The van der Waals surface area contributed by atoms with Crippen LogP contribution in [-0.4, -0.2) is 52.3 Å². The summed E-state index contributed by atoms with van der Waals surface area (Å²) in [6.45, 7) is 0.762. The quantitative estimate of drug-likeness (QED) is 0.115. The van der Waals surface area contributed by atoms with E-state index in [-0.39, 0.29) is 29.8 Å². The average molecular weight is 736 g/mol. The summed E-state index contributed by atoms with van der Waals surface area (Å²) >= 11 is 5.10. The van der Waals surface area contributed by atoms with E-state index in [0.717, 1.165) is 31.8 Å². The summed E-state index contributed by atoms with van der Waals surface area (Å²) in [6, 6.07) is 18.6. The molecule has 0 spiro atoms. The molecule has 0 unspecified atom stereocenters. The highest BCUT2D eigenvalue weighted by atomic mass is 79.9. The van der Waals surface area contributed by atoms with E-state index in [0.29, 0.717) is 42.2 Å². The van der Waals surface area contributed by atoms with Gasteiger partial charge >= 0.3 is 0 Å². The van der Waals surface area contributed by atoms with Gasteiger partial charge in [-0.15, -0.1) is 11.3 Å². The van der Waals surface area contributed by atoms with Crippen molar-refractivity contribution in [2.75, 3.05) is 24.3 Å². The van der Waals surface area contributed by atoms with Crippen molar-refractivity contribution < 1.29 is 22.3 Å². The number of rotatable bonds is 14. The standard InChI is InChI=1S/C33H28BrFN6O4S2/c34-26-16-24(9-10-30(26)45-19-22-5-3-6-23(35)15-22)40-33-25-17-27(37-18-28(25)38-21-39-33)29-20-46-31(41-29)7-4-12-44-13-14-47(42,43)32-8-1-2-11-36-32/h1-3,5-6,8-11,15-18,20-21H,4,7,12-14,19H2,(H,38,39,40). The first kappa shape index (κ1) is 32.6. The first-order valence-corrected chi connectivity index (χ1v) is 17.9. The molecule has 0 radical (unpaired) electrons. The van der Waals surface area contributed by atoms with Crippen LogP contribution in [0.5, 0.6) is 5.75 Å². The molecule has 4 aromatic heterocycles. The number of hydrogen-bond acceptors (Lipinski definition) is 11. The number of nitrogens with one attached hydrogen (secondary N) is 1. The molecule has 0 saturated heterocycles. The zero-order chi connectivity index (χ0) is 32.6. The maximum absolute atomic E-state index is 13.5. The monoisotopic (exact) mass is 734 g/mol. The molecular weight excluding hydrogens is 707 g/mol. The molecule has 0 saturated carbocycles. The van der Waals surface area contributed by atoms with Gasteiger partial charge in [0.2, 0.25) is 0 Å². The Morgan fingerprint density at radius 1 is 0.936 bits per heavy atom. The molecule has 0 amide bonds. The molecule has 4 heterocycles. The Hall–Kier alpha value is -4.37. The Morgan fingerprint density at radius 3 is 2.68 bits per heavy atom. The zero-order valence-corrected chi connectivity index (χ0v) is 28.1. The van der Waals surface area contributed by atoms with Gasteiger partial charge in [0.05, 0.1) is 44.9 Å². The second kappa shape index (κ2) is 15.0. The minimum absolute atomic E-state index is 0.0584.